The maximum atomic E-state index is 12.6. The molecule has 0 spiro atoms. The van der Waals surface area contributed by atoms with Crippen LogP contribution in [0.3, 0.4) is 0 Å². The Morgan fingerprint density at radius 2 is 2.00 bits per heavy atom. The van der Waals surface area contributed by atoms with Crippen molar-refractivity contribution in [2.75, 3.05) is 13.1 Å². The Bertz CT molecular complexity index is 286. The number of amides is 1. The highest BCUT2D eigenvalue weighted by atomic mass is 19.4. The lowest BCUT2D eigenvalue weighted by Gasteiger charge is -2.24. The molecule has 1 aliphatic carbocycles. The lowest BCUT2D eigenvalue weighted by molar-refractivity contribution is -0.197. The molecule has 2 N–H and O–H groups in total. The van der Waals surface area contributed by atoms with E-state index < -0.39 is 17.5 Å². The van der Waals surface area contributed by atoms with Crippen LogP contribution < -0.4 is 5.73 Å². The van der Waals surface area contributed by atoms with Gasteiger partial charge in [0, 0.05) is 19.1 Å². The van der Waals surface area contributed by atoms with Gasteiger partial charge in [-0.15, -0.1) is 0 Å². The van der Waals surface area contributed by atoms with Gasteiger partial charge in [-0.2, -0.15) is 13.2 Å². The Morgan fingerprint density at radius 3 is 2.33 bits per heavy atom. The Balaban J connectivity index is 2.09. The zero-order valence-corrected chi connectivity index (χ0v) is 8.18. The van der Waals surface area contributed by atoms with Gasteiger partial charge in [-0.05, 0) is 19.3 Å². The zero-order valence-electron chi connectivity index (χ0n) is 8.18. The van der Waals surface area contributed by atoms with Gasteiger partial charge >= 0.3 is 6.18 Å². The monoisotopic (exact) mass is 222 g/mol. The summed E-state index contributed by atoms with van der Waals surface area (Å²) in [6.07, 6.45) is -3.95. The van der Waals surface area contributed by atoms with Crippen LogP contribution in [0.4, 0.5) is 13.2 Å². The first-order chi connectivity index (χ1) is 6.87. The number of carbonyl (C=O) groups excluding carboxylic acids is 1. The second-order valence-corrected chi connectivity index (χ2v) is 4.38. The first kappa shape index (κ1) is 10.7. The molecule has 1 atom stereocenters. The molecular weight excluding hydrogens is 209 g/mol. The smallest absolute Gasteiger partial charge is 0.340 e. The van der Waals surface area contributed by atoms with Crippen LogP contribution >= 0.6 is 0 Å². The van der Waals surface area contributed by atoms with E-state index >= 15 is 0 Å². The molecule has 1 heterocycles. The molecule has 1 amide bonds. The summed E-state index contributed by atoms with van der Waals surface area (Å²) >= 11 is 0. The molecule has 0 bridgehead atoms. The molecule has 0 radical (unpaired) electrons. The summed E-state index contributed by atoms with van der Waals surface area (Å²) in [5.41, 5.74) is 3.49. The van der Waals surface area contributed by atoms with E-state index in [9.17, 15) is 18.0 Å². The molecule has 1 saturated carbocycles. The molecule has 1 saturated heterocycles. The number of carbonyl (C=O) groups is 1. The molecule has 0 unspecified atom stereocenters. The fourth-order valence-electron chi connectivity index (χ4n) is 2.02. The van der Waals surface area contributed by atoms with Crippen LogP contribution in [-0.4, -0.2) is 36.1 Å². The highest BCUT2D eigenvalue weighted by Gasteiger charge is 2.69. The second kappa shape index (κ2) is 3.10. The van der Waals surface area contributed by atoms with E-state index in [4.69, 9.17) is 5.73 Å². The van der Waals surface area contributed by atoms with Crippen molar-refractivity contribution < 1.29 is 18.0 Å². The summed E-state index contributed by atoms with van der Waals surface area (Å²) in [6.45, 7) is 0.620. The van der Waals surface area contributed by atoms with Crippen molar-refractivity contribution in [3.05, 3.63) is 0 Å². The molecule has 0 aromatic heterocycles. The molecule has 1 aliphatic heterocycles. The Kier molecular flexibility index (Phi) is 2.22. The van der Waals surface area contributed by atoms with Gasteiger partial charge in [-0.3, -0.25) is 4.79 Å². The summed E-state index contributed by atoms with van der Waals surface area (Å²) in [5.74, 6) is -0.775. The van der Waals surface area contributed by atoms with Crippen molar-refractivity contribution in [3.8, 4) is 0 Å². The first-order valence-electron chi connectivity index (χ1n) is 4.98. The summed E-state index contributed by atoms with van der Waals surface area (Å²) in [6, 6.07) is -0.169. The number of nitrogens with two attached hydrogens (primary N) is 1. The number of rotatable bonds is 1. The topological polar surface area (TPSA) is 46.3 Å². The van der Waals surface area contributed by atoms with E-state index in [1.807, 2.05) is 0 Å². The molecule has 2 rings (SSSR count). The first-order valence-corrected chi connectivity index (χ1v) is 4.98. The van der Waals surface area contributed by atoms with Crippen LogP contribution in [0.25, 0.3) is 0 Å². The fraction of sp³-hybridized carbons (Fsp3) is 0.889. The van der Waals surface area contributed by atoms with Crippen molar-refractivity contribution in [2.24, 2.45) is 11.1 Å². The van der Waals surface area contributed by atoms with Gasteiger partial charge in [-0.25, -0.2) is 0 Å². The normalized spacial score (nSPS) is 29.3. The Labute approximate surface area is 85.4 Å². The van der Waals surface area contributed by atoms with Gasteiger partial charge in [-0.1, -0.05) is 0 Å². The number of nitrogens with zero attached hydrogens (tertiary/aromatic N) is 1. The highest BCUT2D eigenvalue weighted by Crippen LogP contribution is 2.58. The maximum absolute atomic E-state index is 12.6. The van der Waals surface area contributed by atoms with Crippen LogP contribution in [-0.2, 0) is 4.79 Å². The molecule has 86 valence electrons. The SMILES string of the molecule is N[C@H]1CCN(C(=O)C2(C(F)(F)F)CC2)C1. The van der Waals surface area contributed by atoms with E-state index in [-0.39, 0.29) is 25.4 Å². The molecule has 0 aromatic carbocycles. The third-order valence-corrected chi connectivity index (χ3v) is 3.21. The number of likely N-dealkylation sites (tertiary alicyclic amines) is 1. The van der Waals surface area contributed by atoms with Crippen LogP contribution in [0.15, 0.2) is 0 Å². The lowest BCUT2D eigenvalue weighted by Crippen LogP contribution is -2.43. The third-order valence-electron chi connectivity index (χ3n) is 3.21. The largest absolute Gasteiger partial charge is 0.403 e. The zero-order chi connectivity index (χ0) is 11.3. The average Bonchev–Trinajstić information content (AvgIpc) is 2.83. The minimum absolute atomic E-state index is 0.0684. The number of alkyl halides is 3. The average molecular weight is 222 g/mol. The Morgan fingerprint density at radius 1 is 1.40 bits per heavy atom. The molecule has 2 aliphatic rings. The fourth-order valence-corrected chi connectivity index (χ4v) is 2.02. The quantitative estimate of drug-likeness (QED) is 0.716. The summed E-state index contributed by atoms with van der Waals surface area (Å²) in [4.78, 5) is 12.9. The van der Waals surface area contributed by atoms with Gasteiger partial charge in [0.05, 0.1) is 0 Å². The van der Waals surface area contributed by atoms with E-state index in [0.717, 1.165) is 0 Å². The van der Waals surface area contributed by atoms with Gasteiger partial charge in [0.2, 0.25) is 5.91 Å². The molecule has 3 nitrogen and oxygen atoms in total. The van der Waals surface area contributed by atoms with Crippen LogP contribution in [0.2, 0.25) is 0 Å². The third kappa shape index (κ3) is 1.60. The molecule has 15 heavy (non-hydrogen) atoms. The molecule has 0 aromatic rings. The van der Waals surface area contributed by atoms with Crippen molar-refractivity contribution >= 4 is 5.91 Å². The van der Waals surface area contributed by atoms with Crippen molar-refractivity contribution in [1.29, 1.82) is 0 Å². The van der Waals surface area contributed by atoms with Crippen LogP contribution in [0, 0.1) is 5.41 Å². The maximum Gasteiger partial charge on any atom is 0.403 e. The van der Waals surface area contributed by atoms with E-state index in [0.29, 0.717) is 13.0 Å². The summed E-state index contributed by atoms with van der Waals surface area (Å²) < 4.78 is 37.9. The standard InChI is InChI=1S/C9H13F3N2O/c10-9(11,12)8(2-3-8)7(15)14-4-1-6(13)5-14/h6H,1-5,13H2/t6-/m0/s1. The second-order valence-electron chi connectivity index (χ2n) is 4.38. The minimum atomic E-state index is -4.41. The number of hydrogen-bond donors (Lipinski definition) is 1. The van der Waals surface area contributed by atoms with E-state index in [2.05, 4.69) is 0 Å². The van der Waals surface area contributed by atoms with Gasteiger partial charge in [0.1, 0.15) is 5.41 Å². The predicted octanol–water partition coefficient (Wildman–Crippen LogP) is 0.888. The predicted molar refractivity (Wildman–Crippen MR) is 46.9 cm³/mol. The summed E-state index contributed by atoms with van der Waals surface area (Å²) in [5, 5.41) is 0. The van der Waals surface area contributed by atoms with Crippen LogP contribution in [0.5, 0.6) is 0 Å². The van der Waals surface area contributed by atoms with Gasteiger partial charge in [0.15, 0.2) is 0 Å². The number of hydrogen-bond acceptors (Lipinski definition) is 2. The van der Waals surface area contributed by atoms with E-state index in [1.165, 1.54) is 4.90 Å². The molecular formula is C9H13F3N2O. The number of halogens is 3. The Hall–Kier alpha value is -0.780. The van der Waals surface area contributed by atoms with Gasteiger partial charge < -0.3 is 10.6 Å². The van der Waals surface area contributed by atoms with Gasteiger partial charge in [0.25, 0.3) is 0 Å². The minimum Gasteiger partial charge on any atom is -0.340 e. The highest BCUT2D eigenvalue weighted by molar-refractivity contribution is 5.86. The van der Waals surface area contributed by atoms with Crippen molar-refractivity contribution in [2.45, 2.75) is 31.5 Å². The molecule has 2 fully saturated rings. The van der Waals surface area contributed by atoms with Crippen molar-refractivity contribution in [3.63, 3.8) is 0 Å². The lowest BCUT2D eigenvalue weighted by atomic mass is 10.1. The van der Waals surface area contributed by atoms with Crippen LogP contribution in [0.1, 0.15) is 19.3 Å². The van der Waals surface area contributed by atoms with Crippen molar-refractivity contribution in [1.82, 2.24) is 4.90 Å². The summed E-state index contributed by atoms with van der Waals surface area (Å²) in [7, 11) is 0. The molecule has 6 heteroatoms. The van der Waals surface area contributed by atoms with E-state index in [1.54, 1.807) is 0 Å².